The molecule has 2 aromatic rings. The van der Waals surface area contributed by atoms with Crippen molar-refractivity contribution in [1.29, 1.82) is 0 Å². The van der Waals surface area contributed by atoms with Gasteiger partial charge in [-0.05, 0) is 44.0 Å². The van der Waals surface area contributed by atoms with Crippen LogP contribution in [0.25, 0.3) is 11.0 Å². The highest BCUT2D eigenvalue weighted by atomic mass is 16.5. The smallest absolute Gasteiger partial charge is 0.170 e. The Bertz CT molecular complexity index is 556. The fourth-order valence-electron chi connectivity index (χ4n) is 2.53. The summed E-state index contributed by atoms with van der Waals surface area (Å²) in [5, 5.41) is 8.57. The molecule has 19 heavy (non-hydrogen) atoms. The van der Waals surface area contributed by atoms with E-state index in [0.29, 0.717) is 12.0 Å². The van der Waals surface area contributed by atoms with Crippen LogP contribution in [0.5, 0.6) is 5.75 Å². The number of ether oxygens (including phenoxy) is 1. The quantitative estimate of drug-likeness (QED) is 0.921. The van der Waals surface area contributed by atoms with E-state index < -0.39 is 0 Å². The summed E-state index contributed by atoms with van der Waals surface area (Å²) >= 11 is 0. The molecule has 1 aliphatic rings. The Morgan fingerprint density at radius 3 is 2.84 bits per heavy atom. The minimum absolute atomic E-state index is 0.311. The highest BCUT2D eigenvalue weighted by Gasteiger charge is 2.16. The molecule has 0 aliphatic carbocycles. The molecule has 0 saturated carbocycles. The Morgan fingerprint density at radius 1 is 1.32 bits per heavy atom. The molecule has 1 saturated heterocycles. The van der Waals surface area contributed by atoms with Crippen molar-refractivity contribution < 1.29 is 9.26 Å². The van der Waals surface area contributed by atoms with Gasteiger partial charge in [0.25, 0.3) is 0 Å². The highest BCUT2D eigenvalue weighted by Crippen LogP contribution is 2.28. The number of benzene rings is 1. The van der Waals surface area contributed by atoms with Crippen molar-refractivity contribution in [2.45, 2.75) is 38.7 Å². The Balaban J connectivity index is 1.81. The van der Waals surface area contributed by atoms with Crippen LogP contribution in [-0.2, 0) is 0 Å². The lowest BCUT2D eigenvalue weighted by atomic mass is 10.1. The van der Waals surface area contributed by atoms with Gasteiger partial charge in [-0.15, -0.1) is 0 Å². The monoisotopic (exact) mass is 260 g/mol. The van der Waals surface area contributed by atoms with E-state index in [1.807, 2.05) is 12.1 Å². The van der Waals surface area contributed by atoms with Crippen molar-refractivity contribution in [3.63, 3.8) is 0 Å². The van der Waals surface area contributed by atoms with Gasteiger partial charge in [0.15, 0.2) is 5.58 Å². The van der Waals surface area contributed by atoms with Crippen molar-refractivity contribution >= 4 is 11.0 Å². The van der Waals surface area contributed by atoms with E-state index in [4.69, 9.17) is 9.26 Å². The third kappa shape index (κ3) is 2.59. The average molecular weight is 260 g/mol. The molecule has 0 radical (unpaired) electrons. The Hall–Kier alpha value is -1.55. The van der Waals surface area contributed by atoms with Gasteiger partial charge in [-0.1, -0.05) is 19.0 Å². The lowest BCUT2D eigenvalue weighted by Gasteiger charge is -2.23. The second kappa shape index (κ2) is 5.21. The SMILES string of the molecule is CC(C)c1noc2cc(OC3CCNCC3)ccc12. The van der Waals surface area contributed by atoms with Gasteiger partial charge >= 0.3 is 0 Å². The van der Waals surface area contributed by atoms with Crippen molar-refractivity contribution in [3.8, 4) is 5.75 Å². The largest absolute Gasteiger partial charge is 0.490 e. The lowest BCUT2D eigenvalue weighted by molar-refractivity contribution is 0.162. The molecule has 1 N–H and O–H groups in total. The van der Waals surface area contributed by atoms with Crippen molar-refractivity contribution in [3.05, 3.63) is 23.9 Å². The first-order valence-electron chi connectivity index (χ1n) is 7.01. The maximum absolute atomic E-state index is 6.01. The zero-order valence-electron chi connectivity index (χ0n) is 11.5. The van der Waals surface area contributed by atoms with E-state index >= 15 is 0 Å². The van der Waals surface area contributed by atoms with Crippen LogP contribution in [-0.4, -0.2) is 24.4 Å². The summed E-state index contributed by atoms with van der Waals surface area (Å²) in [7, 11) is 0. The average Bonchev–Trinajstić information content (AvgIpc) is 2.83. The van der Waals surface area contributed by atoms with Gasteiger partial charge in [-0.2, -0.15) is 0 Å². The highest BCUT2D eigenvalue weighted by molar-refractivity contribution is 5.81. The molecule has 0 unspecified atom stereocenters. The number of hydrogen-bond donors (Lipinski definition) is 1. The molecule has 4 heteroatoms. The molecule has 1 aliphatic heterocycles. The van der Waals surface area contributed by atoms with Crippen LogP contribution in [0.4, 0.5) is 0 Å². The van der Waals surface area contributed by atoms with Gasteiger partial charge in [0.2, 0.25) is 0 Å². The fourth-order valence-corrected chi connectivity index (χ4v) is 2.53. The first kappa shape index (κ1) is 12.5. The molecular formula is C15H20N2O2. The topological polar surface area (TPSA) is 47.3 Å². The van der Waals surface area contributed by atoms with Gasteiger partial charge in [0.05, 0.1) is 5.69 Å². The summed E-state index contributed by atoms with van der Waals surface area (Å²) in [5.74, 6) is 1.25. The first-order valence-corrected chi connectivity index (χ1v) is 7.01. The summed E-state index contributed by atoms with van der Waals surface area (Å²) in [6.07, 6.45) is 2.43. The predicted octanol–water partition coefficient (Wildman–Crippen LogP) is 3.08. The number of rotatable bonds is 3. The van der Waals surface area contributed by atoms with Crippen LogP contribution in [0.15, 0.2) is 22.7 Å². The zero-order chi connectivity index (χ0) is 13.2. The molecule has 3 rings (SSSR count). The van der Waals surface area contributed by atoms with Crippen LogP contribution in [0.2, 0.25) is 0 Å². The first-order chi connectivity index (χ1) is 9.24. The molecule has 0 amide bonds. The standard InChI is InChI=1S/C15H20N2O2/c1-10(2)15-13-4-3-12(9-14(13)19-17-15)18-11-5-7-16-8-6-11/h3-4,9-11,16H,5-8H2,1-2H3. The summed E-state index contributed by atoms with van der Waals surface area (Å²) in [6, 6.07) is 6.03. The summed E-state index contributed by atoms with van der Waals surface area (Å²) < 4.78 is 11.4. The molecule has 2 heterocycles. The minimum atomic E-state index is 0.311. The molecule has 4 nitrogen and oxygen atoms in total. The molecule has 0 spiro atoms. The zero-order valence-corrected chi connectivity index (χ0v) is 11.5. The van der Waals surface area contributed by atoms with Crippen molar-refractivity contribution in [2.24, 2.45) is 0 Å². The molecule has 0 bridgehead atoms. The van der Waals surface area contributed by atoms with Gasteiger partial charge in [0, 0.05) is 11.5 Å². The number of hydrogen-bond acceptors (Lipinski definition) is 4. The van der Waals surface area contributed by atoms with Crippen LogP contribution >= 0.6 is 0 Å². The maximum atomic E-state index is 6.01. The van der Waals surface area contributed by atoms with E-state index in [0.717, 1.165) is 48.3 Å². The minimum Gasteiger partial charge on any atom is -0.490 e. The van der Waals surface area contributed by atoms with Gasteiger partial charge in [0.1, 0.15) is 11.9 Å². The van der Waals surface area contributed by atoms with E-state index in [1.165, 1.54) is 0 Å². The van der Waals surface area contributed by atoms with Crippen LogP contribution in [0.1, 0.15) is 38.3 Å². The third-order valence-corrected chi connectivity index (χ3v) is 3.61. The van der Waals surface area contributed by atoms with E-state index in [1.54, 1.807) is 0 Å². The maximum Gasteiger partial charge on any atom is 0.170 e. The number of piperidine rings is 1. The van der Waals surface area contributed by atoms with Crippen molar-refractivity contribution in [2.75, 3.05) is 13.1 Å². The summed E-state index contributed by atoms with van der Waals surface area (Å²) in [5.41, 5.74) is 1.83. The number of aromatic nitrogens is 1. The molecule has 0 atom stereocenters. The molecule has 1 aromatic heterocycles. The normalized spacial score (nSPS) is 17.2. The molecular weight excluding hydrogens is 240 g/mol. The van der Waals surface area contributed by atoms with Crippen LogP contribution in [0.3, 0.4) is 0 Å². The molecule has 102 valence electrons. The van der Waals surface area contributed by atoms with Crippen LogP contribution in [0, 0.1) is 0 Å². The van der Waals surface area contributed by atoms with E-state index in [-0.39, 0.29) is 0 Å². The number of nitrogens with zero attached hydrogens (tertiary/aromatic N) is 1. The lowest BCUT2D eigenvalue weighted by Crippen LogP contribution is -2.34. The third-order valence-electron chi connectivity index (χ3n) is 3.61. The number of fused-ring (bicyclic) bond motifs is 1. The van der Waals surface area contributed by atoms with Crippen molar-refractivity contribution in [1.82, 2.24) is 10.5 Å². The summed E-state index contributed by atoms with van der Waals surface area (Å²) in [6.45, 7) is 6.31. The second-order valence-corrected chi connectivity index (χ2v) is 5.45. The van der Waals surface area contributed by atoms with Gasteiger partial charge < -0.3 is 14.6 Å². The Labute approximate surface area is 113 Å². The Kier molecular flexibility index (Phi) is 3.42. The molecule has 1 fully saturated rings. The van der Waals surface area contributed by atoms with E-state index in [2.05, 4.69) is 30.4 Å². The van der Waals surface area contributed by atoms with Gasteiger partial charge in [-0.25, -0.2) is 0 Å². The molecule has 1 aromatic carbocycles. The van der Waals surface area contributed by atoms with E-state index in [9.17, 15) is 0 Å². The fraction of sp³-hybridized carbons (Fsp3) is 0.533. The Morgan fingerprint density at radius 2 is 2.11 bits per heavy atom. The summed E-state index contributed by atoms with van der Waals surface area (Å²) in [4.78, 5) is 0. The predicted molar refractivity (Wildman–Crippen MR) is 74.6 cm³/mol. The number of nitrogens with one attached hydrogen (secondary N) is 1. The van der Waals surface area contributed by atoms with Gasteiger partial charge in [-0.3, -0.25) is 0 Å². The van der Waals surface area contributed by atoms with Crippen LogP contribution < -0.4 is 10.1 Å². The second-order valence-electron chi connectivity index (χ2n) is 5.45.